The van der Waals surface area contributed by atoms with Crippen LogP contribution < -0.4 is 5.73 Å². The number of rotatable bonds is 5. The molecule has 2 aliphatic rings. The van der Waals surface area contributed by atoms with Crippen LogP contribution in [0.5, 0.6) is 0 Å². The van der Waals surface area contributed by atoms with Crippen molar-refractivity contribution < 1.29 is 9.59 Å². The fraction of sp³-hybridized carbons (Fsp3) is 0.304. The predicted octanol–water partition coefficient (Wildman–Crippen LogP) is 3.18. The second kappa shape index (κ2) is 6.60. The van der Waals surface area contributed by atoms with E-state index in [1.165, 1.54) is 18.4 Å². The van der Waals surface area contributed by atoms with Gasteiger partial charge in [0.05, 0.1) is 5.52 Å². The van der Waals surface area contributed by atoms with Crippen molar-refractivity contribution in [2.75, 3.05) is 13.1 Å². The van der Waals surface area contributed by atoms with Crippen LogP contribution in [0.15, 0.2) is 54.6 Å². The average Bonchev–Trinajstić information content (AvgIpc) is 3.46. The SMILES string of the molecule is N[C@@H](Cc1ccccc1)CN1CC(=O)n2c(cc3cc(C4CC4)ccc32)C1=O. The Hall–Kier alpha value is -2.92. The molecular formula is C23H23N3O2. The highest BCUT2D eigenvalue weighted by Crippen LogP contribution is 2.41. The van der Waals surface area contributed by atoms with Crippen molar-refractivity contribution in [1.82, 2.24) is 9.47 Å². The molecule has 5 rings (SSSR count). The molecule has 1 aliphatic heterocycles. The molecular weight excluding hydrogens is 350 g/mol. The van der Waals surface area contributed by atoms with Gasteiger partial charge in [-0.25, -0.2) is 0 Å². The molecule has 2 N–H and O–H groups in total. The van der Waals surface area contributed by atoms with E-state index in [4.69, 9.17) is 5.73 Å². The zero-order valence-corrected chi connectivity index (χ0v) is 15.7. The molecule has 1 saturated carbocycles. The standard InChI is InChI=1S/C23H23N3O2/c24-19(10-15-4-2-1-3-5-15)13-25-14-22(27)26-20-9-8-17(16-6-7-16)11-18(20)12-21(26)23(25)28/h1-5,8-9,11-12,16,19H,6-7,10,13-14,24H2/t19-/m0/s1. The van der Waals surface area contributed by atoms with E-state index in [-0.39, 0.29) is 24.4 Å². The van der Waals surface area contributed by atoms with Gasteiger partial charge in [0, 0.05) is 18.0 Å². The number of benzene rings is 2. The normalized spacial score (nSPS) is 17.8. The Morgan fingerprint density at radius 2 is 1.82 bits per heavy atom. The summed E-state index contributed by atoms with van der Waals surface area (Å²) in [4.78, 5) is 27.5. The molecule has 28 heavy (non-hydrogen) atoms. The summed E-state index contributed by atoms with van der Waals surface area (Å²) in [5.74, 6) is 0.447. The van der Waals surface area contributed by atoms with Gasteiger partial charge in [-0.05, 0) is 54.5 Å². The molecule has 5 heteroatoms. The first kappa shape index (κ1) is 17.2. The molecule has 2 heterocycles. The van der Waals surface area contributed by atoms with Crippen LogP contribution >= 0.6 is 0 Å². The number of carbonyl (C=O) groups is 2. The van der Waals surface area contributed by atoms with Crippen molar-refractivity contribution in [3.05, 3.63) is 71.4 Å². The average molecular weight is 373 g/mol. The Kier molecular flexibility index (Phi) is 4.05. The van der Waals surface area contributed by atoms with E-state index in [1.807, 2.05) is 42.5 Å². The summed E-state index contributed by atoms with van der Waals surface area (Å²) in [5.41, 5.74) is 10.00. The number of nitrogens with two attached hydrogens (primary N) is 1. The van der Waals surface area contributed by atoms with Gasteiger partial charge in [-0.2, -0.15) is 0 Å². The van der Waals surface area contributed by atoms with Crippen LogP contribution in [0.2, 0.25) is 0 Å². The smallest absolute Gasteiger partial charge is 0.271 e. The van der Waals surface area contributed by atoms with Crippen molar-refractivity contribution in [2.45, 2.75) is 31.2 Å². The van der Waals surface area contributed by atoms with Crippen molar-refractivity contribution in [1.29, 1.82) is 0 Å². The molecule has 0 radical (unpaired) electrons. The summed E-state index contributed by atoms with van der Waals surface area (Å²) < 4.78 is 1.58. The van der Waals surface area contributed by atoms with E-state index in [9.17, 15) is 9.59 Å². The molecule has 0 bridgehead atoms. The summed E-state index contributed by atoms with van der Waals surface area (Å²) in [7, 11) is 0. The lowest BCUT2D eigenvalue weighted by atomic mass is 10.1. The van der Waals surface area contributed by atoms with Crippen LogP contribution in [-0.4, -0.2) is 40.4 Å². The van der Waals surface area contributed by atoms with E-state index in [0.717, 1.165) is 16.5 Å². The van der Waals surface area contributed by atoms with E-state index in [2.05, 4.69) is 12.1 Å². The fourth-order valence-corrected chi connectivity index (χ4v) is 4.21. The maximum atomic E-state index is 13.0. The first-order chi connectivity index (χ1) is 13.6. The van der Waals surface area contributed by atoms with E-state index in [1.54, 1.807) is 9.47 Å². The second-order valence-corrected chi connectivity index (χ2v) is 7.99. The molecule has 3 aromatic rings. The summed E-state index contributed by atoms with van der Waals surface area (Å²) in [6, 6.07) is 17.8. The monoisotopic (exact) mass is 373 g/mol. The van der Waals surface area contributed by atoms with Gasteiger partial charge >= 0.3 is 0 Å². The third kappa shape index (κ3) is 3.02. The number of aromatic nitrogens is 1. The molecule has 142 valence electrons. The summed E-state index contributed by atoms with van der Waals surface area (Å²) in [6.45, 7) is 0.441. The lowest BCUT2D eigenvalue weighted by Crippen LogP contribution is -2.49. The zero-order valence-electron chi connectivity index (χ0n) is 15.7. The number of hydrogen-bond acceptors (Lipinski definition) is 3. The topological polar surface area (TPSA) is 68.3 Å². The van der Waals surface area contributed by atoms with Crippen molar-refractivity contribution >= 4 is 22.7 Å². The Morgan fingerprint density at radius 3 is 2.57 bits per heavy atom. The van der Waals surface area contributed by atoms with Gasteiger partial charge in [0.1, 0.15) is 12.2 Å². The molecule has 1 aliphatic carbocycles. The van der Waals surface area contributed by atoms with Gasteiger partial charge < -0.3 is 10.6 Å². The highest BCUT2D eigenvalue weighted by Gasteiger charge is 2.33. The summed E-state index contributed by atoms with van der Waals surface area (Å²) in [5, 5.41) is 0.969. The van der Waals surface area contributed by atoms with Crippen LogP contribution in [0.4, 0.5) is 0 Å². The Bertz CT molecular complexity index is 1070. The first-order valence-corrected chi connectivity index (χ1v) is 9.87. The third-order valence-electron chi connectivity index (χ3n) is 5.75. The lowest BCUT2D eigenvalue weighted by Gasteiger charge is -2.29. The molecule has 1 fully saturated rings. The highest BCUT2D eigenvalue weighted by atomic mass is 16.2. The molecule has 2 aromatic carbocycles. The minimum Gasteiger partial charge on any atom is -0.326 e. The zero-order chi connectivity index (χ0) is 19.3. The van der Waals surface area contributed by atoms with Crippen molar-refractivity contribution in [3.63, 3.8) is 0 Å². The molecule has 0 unspecified atom stereocenters. The maximum Gasteiger partial charge on any atom is 0.271 e. The van der Waals surface area contributed by atoms with Gasteiger partial charge in [-0.3, -0.25) is 14.2 Å². The van der Waals surface area contributed by atoms with Gasteiger partial charge in [0.15, 0.2) is 0 Å². The van der Waals surface area contributed by atoms with Gasteiger partial charge in [0.2, 0.25) is 0 Å². The van der Waals surface area contributed by atoms with Gasteiger partial charge in [-0.15, -0.1) is 0 Å². The maximum absolute atomic E-state index is 13.0. The van der Waals surface area contributed by atoms with Crippen LogP contribution in [-0.2, 0) is 6.42 Å². The highest BCUT2D eigenvalue weighted by molar-refractivity contribution is 6.09. The van der Waals surface area contributed by atoms with Crippen LogP contribution in [0.3, 0.4) is 0 Å². The Balaban J connectivity index is 1.40. The number of carbonyl (C=O) groups excluding carboxylic acids is 2. The third-order valence-corrected chi connectivity index (χ3v) is 5.75. The molecule has 0 spiro atoms. The number of hydrogen-bond donors (Lipinski definition) is 1. The molecule has 1 aromatic heterocycles. The first-order valence-electron chi connectivity index (χ1n) is 9.87. The molecule has 0 saturated heterocycles. The van der Waals surface area contributed by atoms with E-state index >= 15 is 0 Å². The minimum atomic E-state index is -0.212. The number of amides is 1. The number of fused-ring (bicyclic) bond motifs is 3. The van der Waals surface area contributed by atoms with E-state index in [0.29, 0.717) is 24.6 Å². The number of nitrogens with zero attached hydrogens (tertiary/aromatic N) is 2. The van der Waals surface area contributed by atoms with Crippen molar-refractivity contribution in [2.24, 2.45) is 5.73 Å². The lowest BCUT2D eigenvalue weighted by molar-refractivity contribution is 0.0615. The fourth-order valence-electron chi connectivity index (χ4n) is 4.21. The van der Waals surface area contributed by atoms with Gasteiger partial charge in [0.25, 0.3) is 11.8 Å². The Morgan fingerprint density at radius 1 is 1.04 bits per heavy atom. The van der Waals surface area contributed by atoms with Crippen LogP contribution in [0.1, 0.15) is 45.2 Å². The summed E-state index contributed by atoms with van der Waals surface area (Å²) >= 11 is 0. The van der Waals surface area contributed by atoms with Gasteiger partial charge in [-0.1, -0.05) is 36.4 Å². The molecule has 1 amide bonds. The Labute approximate surface area is 163 Å². The largest absolute Gasteiger partial charge is 0.326 e. The molecule has 1 atom stereocenters. The van der Waals surface area contributed by atoms with Crippen molar-refractivity contribution in [3.8, 4) is 0 Å². The quantitative estimate of drug-likeness (QED) is 0.747. The minimum absolute atomic E-state index is 0.0719. The summed E-state index contributed by atoms with van der Waals surface area (Å²) in [6.07, 6.45) is 3.13. The van der Waals surface area contributed by atoms with Crippen LogP contribution in [0.25, 0.3) is 10.9 Å². The second-order valence-electron chi connectivity index (χ2n) is 7.99. The van der Waals surface area contributed by atoms with Crippen LogP contribution in [0, 0.1) is 0 Å². The van der Waals surface area contributed by atoms with E-state index < -0.39 is 0 Å². The predicted molar refractivity (Wildman–Crippen MR) is 109 cm³/mol. The molecule has 5 nitrogen and oxygen atoms in total.